The van der Waals surface area contributed by atoms with E-state index in [4.69, 9.17) is 0 Å². The van der Waals surface area contributed by atoms with Gasteiger partial charge in [-0.3, -0.25) is 9.59 Å². The number of benzene rings is 1. The summed E-state index contributed by atoms with van der Waals surface area (Å²) in [5, 5.41) is 4.88. The summed E-state index contributed by atoms with van der Waals surface area (Å²) in [4.78, 5) is 27.4. The van der Waals surface area contributed by atoms with Crippen molar-refractivity contribution in [3.8, 4) is 0 Å². The van der Waals surface area contributed by atoms with Crippen LogP contribution in [0, 0.1) is 0 Å². The molecule has 2 aromatic rings. The van der Waals surface area contributed by atoms with Crippen molar-refractivity contribution < 1.29 is 9.59 Å². The number of hydrogen-bond donors (Lipinski definition) is 1. The van der Waals surface area contributed by atoms with E-state index in [2.05, 4.69) is 5.32 Å². The summed E-state index contributed by atoms with van der Waals surface area (Å²) in [7, 11) is 3.43. The lowest BCUT2D eigenvalue weighted by atomic mass is 9.95. The molecule has 0 spiro atoms. The number of thiophene rings is 1. The number of carbonyl (C=O) groups is 2. The molecule has 2 amide bonds. The third-order valence-corrected chi connectivity index (χ3v) is 5.17. The van der Waals surface area contributed by atoms with Crippen molar-refractivity contribution in [3.05, 3.63) is 51.2 Å². The van der Waals surface area contributed by atoms with Gasteiger partial charge in [0.05, 0.1) is 5.56 Å². The molecular weight excluding hydrogens is 308 g/mol. The second-order valence-electron chi connectivity index (χ2n) is 5.99. The summed E-state index contributed by atoms with van der Waals surface area (Å²) in [5.74, 6) is -0.159. The number of aryl methyl sites for hydroxylation is 1. The van der Waals surface area contributed by atoms with Crippen molar-refractivity contribution in [1.82, 2.24) is 4.90 Å². The van der Waals surface area contributed by atoms with Crippen molar-refractivity contribution in [2.75, 3.05) is 19.4 Å². The molecule has 0 fully saturated rings. The number of rotatable bonds is 3. The van der Waals surface area contributed by atoms with Crippen molar-refractivity contribution in [3.63, 3.8) is 0 Å². The van der Waals surface area contributed by atoms with Crippen LogP contribution in [0.1, 0.15) is 44.0 Å². The summed E-state index contributed by atoms with van der Waals surface area (Å²) in [6, 6.07) is 7.07. The first kappa shape index (κ1) is 15.7. The summed E-state index contributed by atoms with van der Waals surface area (Å²) in [6.07, 6.45) is 4.43. The number of fused-ring (bicyclic) bond motifs is 1. The predicted octanol–water partition coefficient (Wildman–Crippen LogP) is 3.58. The molecule has 4 nitrogen and oxygen atoms in total. The van der Waals surface area contributed by atoms with Gasteiger partial charge in [-0.15, -0.1) is 11.3 Å². The molecule has 0 bridgehead atoms. The average Bonchev–Trinajstić information content (AvgIpc) is 2.98. The Kier molecular flexibility index (Phi) is 4.48. The Balaban J connectivity index is 1.79. The van der Waals surface area contributed by atoms with E-state index in [1.54, 1.807) is 43.6 Å². The van der Waals surface area contributed by atoms with Gasteiger partial charge in [0.25, 0.3) is 11.8 Å². The zero-order chi connectivity index (χ0) is 16.4. The fourth-order valence-corrected chi connectivity index (χ4v) is 4.00. The summed E-state index contributed by atoms with van der Waals surface area (Å²) in [6.45, 7) is 0. The van der Waals surface area contributed by atoms with Crippen LogP contribution in [-0.2, 0) is 12.8 Å². The lowest BCUT2D eigenvalue weighted by Crippen LogP contribution is -2.22. The lowest BCUT2D eigenvalue weighted by Gasteiger charge is -2.14. The van der Waals surface area contributed by atoms with Gasteiger partial charge >= 0.3 is 0 Å². The fraction of sp³-hybridized carbons (Fsp3) is 0.333. The zero-order valence-electron chi connectivity index (χ0n) is 13.4. The smallest absolute Gasteiger partial charge is 0.256 e. The largest absolute Gasteiger partial charge is 0.345 e. The molecule has 0 atom stereocenters. The van der Waals surface area contributed by atoms with Gasteiger partial charge in [-0.2, -0.15) is 0 Å². The summed E-state index contributed by atoms with van der Waals surface area (Å²) < 4.78 is 0. The van der Waals surface area contributed by atoms with Crippen molar-refractivity contribution >= 4 is 28.8 Å². The monoisotopic (exact) mass is 328 g/mol. The second-order valence-corrected chi connectivity index (χ2v) is 6.96. The molecule has 120 valence electrons. The quantitative estimate of drug-likeness (QED) is 0.936. The van der Waals surface area contributed by atoms with E-state index < -0.39 is 0 Å². The summed E-state index contributed by atoms with van der Waals surface area (Å²) in [5.41, 5.74) is 3.21. The van der Waals surface area contributed by atoms with Crippen LogP contribution in [0.15, 0.2) is 29.6 Å². The van der Waals surface area contributed by atoms with Gasteiger partial charge in [0.1, 0.15) is 0 Å². The van der Waals surface area contributed by atoms with Crippen LogP contribution in [0.25, 0.3) is 0 Å². The van der Waals surface area contributed by atoms with Gasteiger partial charge in [-0.05, 0) is 49.4 Å². The van der Waals surface area contributed by atoms with Crippen LogP contribution in [-0.4, -0.2) is 30.8 Å². The Morgan fingerprint density at radius 2 is 1.96 bits per heavy atom. The maximum atomic E-state index is 12.6. The zero-order valence-corrected chi connectivity index (χ0v) is 14.2. The SMILES string of the molecule is CN(C)C(=O)c1cccc(NC(=O)c2csc3c2CCCC3)c1. The van der Waals surface area contributed by atoms with Gasteiger partial charge in [0.15, 0.2) is 0 Å². The Morgan fingerprint density at radius 3 is 2.74 bits per heavy atom. The third-order valence-electron chi connectivity index (χ3n) is 4.08. The molecule has 3 rings (SSSR count). The molecule has 1 aromatic carbocycles. The number of amides is 2. The molecule has 1 heterocycles. The van der Waals surface area contributed by atoms with E-state index in [9.17, 15) is 9.59 Å². The van der Waals surface area contributed by atoms with E-state index in [0.29, 0.717) is 11.3 Å². The molecule has 0 saturated carbocycles. The van der Waals surface area contributed by atoms with Gasteiger partial charge in [-0.1, -0.05) is 6.07 Å². The number of hydrogen-bond acceptors (Lipinski definition) is 3. The minimum absolute atomic E-state index is 0.0750. The molecular formula is C18H20N2O2S. The standard InChI is InChI=1S/C18H20N2O2S/c1-20(2)18(22)12-6-5-7-13(10-12)19-17(21)15-11-23-16-9-4-3-8-14(15)16/h5-7,10-11H,3-4,8-9H2,1-2H3,(H,19,21). The summed E-state index contributed by atoms with van der Waals surface area (Å²) >= 11 is 1.68. The van der Waals surface area contributed by atoms with E-state index in [1.165, 1.54) is 21.8 Å². The number of nitrogens with one attached hydrogen (secondary N) is 1. The molecule has 1 aliphatic carbocycles. The Bertz CT molecular complexity index is 749. The highest BCUT2D eigenvalue weighted by atomic mass is 32.1. The van der Waals surface area contributed by atoms with Crippen LogP contribution in [0.4, 0.5) is 5.69 Å². The van der Waals surface area contributed by atoms with Crippen LogP contribution in [0.3, 0.4) is 0 Å². The highest BCUT2D eigenvalue weighted by molar-refractivity contribution is 7.10. The third kappa shape index (κ3) is 3.29. The normalized spacial score (nSPS) is 13.3. The number of anilines is 1. The molecule has 0 unspecified atom stereocenters. The van der Waals surface area contributed by atoms with E-state index in [0.717, 1.165) is 24.8 Å². The van der Waals surface area contributed by atoms with Gasteiger partial charge in [-0.25, -0.2) is 0 Å². The minimum Gasteiger partial charge on any atom is -0.345 e. The molecule has 1 aliphatic rings. The minimum atomic E-state index is -0.0844. The lowest BCUT2D eigenvalue weighted by molar-refractivity contribution is 0.0827. The Labute approximate surface area is 140 Å². The van der Waals surface area contributed by atoms with Crippen molar-refractivity contribution in [2.45, 2.75) is 25.7 Å². The highest BCUT2D eigenvalue weighted by Crippen LogP contribution is 2.30. The van der Waals surface area contributed by atoms with Crippen molar-refractivity contribution in [2.24, 2.45) is 0 Å². The molecule has 0 saturated heterocycles. The van der Waals surface area contributed by atoms with Gasteiger partial charge < -0.3 is 10.2 Å². The van der Waals surface area contributed by atoms with E-state index >= 15 is 0 Å². The maximum Gasteiger partial charge on any atom is 0.256 e. The first-order chi connectivity index (χ1) is 11.1. The maximum absolute atomic E-state index is 12.6. The fourth-order valence-electron chi connectivity index (χ4n) is 2.87. The molecule has 0 radical (unpaired) electrons. The average molecular weight is 328 g/mol. The predicted molar refractivity (Wildman–Crippen MR) is 93.4 cm³/mol. The van der Waals surface area contributed by atoms with Crippen LogP contribution >= 0.6 is 11.3 Å². The van der Waals surface area contributed by atoms with Crippen LogP contribution in [0.2, 0.25) is 0 Å². The van der Waals surface area contributed by atoms with E-state index in [1.807, 2.05) is 11.4 Å². The molecule has 1 N–H and O–H groups in total. The first-order valence-corrected chi connectivity index (χ1v) is 8.66. The van der Waals surface area contributed by atoms with E-state index in [-0.39, 0.29) is 11.8 Å². The number of carbonyl (C=O) groups excluding carboxylic acids is 2. The van der Waals surface area contributed by atoms with Crippen molar-refractivity contribution in [1.29, 1.82) is 0 Å². The molecule has 0 aliphatic heterocycles. The van der Waals surface area contributed by atoms with Crippen LogP contribution in [0.5, 0.6) is 0 Å². The number of nitrogens with zero attached hydrogens (tertiary/aromatic N) is 1. The second kappa shape index (κ2) is 6.54. The molecule has 1 aromatic heterocycles. The van der Waals surface area contributed by atoms with Crippen LogP contribution < -0.4 is 5.32 Å². The molecule has 23 heavy (non-hydrogen) atoms. The highest BCUT2D eigenvalue weighted by Gasteiger charge is 2.20. The topological polar surface area (TPSA) is 49.4 Å². The first-order valence-electron chi connectivity index (χ1n) is 7.78. The molecule has 5 heteroatoms. The van der Waals surface area contributed by atoms with Gasteiger partial charge in [0, 0.05) is 35.6 Å². The Morgan fingerprint density at radius 1 is 1.17 bits per heavy atom. The Hall–Kier alpha value is -2.14. The van der Waals surface area contributed by atoms with Gasteiger partial charge in [0.2, 0.25) is 0 Å².